The van der Waals surface area contributed by atoms with Crippen molar-refractivity contribution in [2.75, 3.05) is 6.54 Å². The van der Waals surface area contributed by atoms with E-state index in [9.17, 15) is 0 Å². The Morgan fingerprint density at radius 3 is 2.78 bits per heavy atom. The van der Waals surface area contributed by atoms with E-state index in [1.165, 1.54) is 31.1 Å². The minimum atomic E-state index is 0.506. The highest BCUT2D eigenvalue weighted by atomic mass is 16.3. The topological polar surface area (TPSA) is 25.2 Å². The van der Waals surface area contributed by atoms with E-state index in [0.717, 1.165) is 24.4 Å². The number of furan rings is 1. The summed E-state index contributed by atoms with van der Waals surface area (Å²) < 4.78 is 5.80. The lowest BCUT2D eigenvalue weighted by Crippen LogP contribution is -2.28. The molecule has 2 nitrogen and oxygen atoms in total. The van der Waals surface area contributed by atoms with Gasteiger partial charge >= 0.3 is 0 Å². The average molecular weight is 243 g/mol. The van der Waals surface area contributed by atoms with E-state index in [-0.39, 0.29) is 0 Å². The zero-order chi connectivity index (χ0) is 12.4. The van der Waals surface area contributed by atoms with E-state index in [1.54, 1.807) is 0 Å². The smallest absolute Gasteiger partial charge is 0.134 e. The minimum Gasteiger partial charge on any atom is -0.460 e. The Hall–Kier alpha value is -1.28. The summed E-state index contributed by atoms with van der Waals surface area (Å²) >= 11 is 0. The first kappa shape index (κ1) is 11.8. The fourth-order valence-electron chi connectivity index (χ4n) is 3.02. The maximum Gasteiger partial charge on any atom is 0.134 e. The molecule has 2 aromatic rings. The zero-order valence-corrected chi connectivity index (χ0v) is 11.0. The highest BCUT2D eigenvalue weighted by Crippen LogP contribution is 2.36. The predicted octanol–water partition coefficient (Wildman–Crippen LogP) is 4.10. The molecule has 0 spiro atoms. The van der Waals surface area contributed by atoms with E-state index in [2.05, 4.69) is 30.4 Å². The molecule has 1 N–H and O–H groups in total. The van der Waals surface area contributed by atoms with Crippen LogP contribution in [0.15, 0.2) is 34.7 Å². The van der Waals surface area contributed by atoms with Gasteiger partial charge in [0.25, 0.3) is 0 Å². The van der Waals surface area contributed by atoms with Crippen LogP contribution in [0.25, 0.3) is 11.0 Å². The maximum atomic E-state index is 5.80. The van der Waals surface area contributed by atoms with Gasteiger partial charge in [0.05, 0.1) is 6.54 Å². The SMILES string of the molecule is CC1(CNCc2cc3ccccc3o2)CCCC1. The van der Waals surface area contributed by atoms with Crippen LogP contribution in [0.5, 0.6) is 0 Å². The van der Waals surface area contributed by atoms with Crippen LogP contribution in [0.2, 0.25) is 0 Å². The molecular formula is C16H21NO. The molecule has 0 amide bonds. The van der Waals surface area contributed by atoms with Crippen molar-refractivity contribution in [3.05, 3.63) is 36.1 Å². The van der Waals surface area contributed by atoms with Crippen LogP contribution in [-0.2, 0) is 6.54 Å². The first-order valence-electron chi connectivity index (χ1n) is 6.93. The van der Waals surface area contributed by atoms with Crippen LogP contribution in [0.4, 0.5) is 0 Å². The summed E-state index contributed by atoms with van der Waals surface area (Å²) in [7, 11) is 0. The van der Waals surface area contributed by atoms with Gasteiger partial charge in [-0.05, 0) is 30.4 Å². The van der Waals surface area contributed by atoms with Gasteiger partial charge in [0.2, 0.25) is 0 Å². The van der Waals surface area contributed by atoms with Gasteiger partial charge in [-0.2, -0.15) is 0 Å². The third-order valence-electron chi connectivity index (χ3n) is 4.14. The van der Waals surface area contributed by atoms with Gasteiger partial charge in [-0.1, -0.05) is 38.0 Å². The quantitative estimate of drug-likeness (QED) is 0.874. The lowest BCUT2D eigenvalue weighted by Gasteiger charge is -2.23. The van der Waals surface area contributed by atoms with Gasteiger partial charge in [-0.3, -0.25) is 0 Å². The average Bonchev–Trinajstić information content (AvgIpc) is 2.95. The Labute approximate surface area is 108 Å². The second-order valence-electron chi connectivity index (χ2n) is 5.87. The van der Waals surface area contributed by atoms with Crippen LogP contribution >= 0.6 is 0 Å². The molecule has 1 aliphatic rings. The number of hydrogen-bond acceptors (Lipinski definition) is 2. The van der Waals surface area contributed by atoms with Gasteiger partial charge in [0, 0.05) is 11.9 Å². The Morgan fingerprint density at radius 1 is 1.22 bits per heavy atom. The molecule has 1 saturated carbocycles. The fraction of sp³-hybridized carbons (Fsp3) is 0.500. The number of rotatable bonds is 4. The van der Waals surface area contributed by atoms with Gasteiger partial charge in [0.15, 0.2) is 0 Å². The van der Waals surface area contributed by atoms with Crippen molar-refractivity contribution in [3.8, 4) is 0 Å². The Morgan fingerprint density at radius 2 is 2.00 bits per heavy atom. The predicted molar refractivity (Wildman–Crippen MR) is 74.5 cm³/mol. The Bertz CT molecular complexity index is 490. The molecule has 96 valence electrons. The molecule has 0 radical (unpaired) electrons. The molecule has 1 aliphatic carbocycles. The van der Waals surface area contributed by atoms with Crippen molar-refractivity contribution in [2.45, 2.75) is 39.2 Å². The van der Waals surface area contributed by atoms with Crippen LogP contribution in [0.1, 0.15) is 38.4 Å². The molecule has 1 heterocycles. The lowest BCUT2D eigenvalue weighted by atomic mass is 9.89. The third-order valence-corrected chi connectivity index (χ3v) is 4.14. The first-order valence-corrected chi connectivity index (χ1v) is 6.93. The molecule has 1 aromatic heterocycles. The largest absolute Gasteiger partial charge is 0.460 e. The van der Waals surface area contributed by atoms with Gasteiger partial charge in [-0.25, -0.2) is 0 Å². The number of benzene rings is 1. The summed E-state index contributed by atoms with van der Waals surface area (Å²) in [5, 5.41) is 4.75. The van der Waals surface area contributed by atoms with Crippen LogP contribution in [-0.4, -0.2) is 6.54 Å². The molecule has 0 aliphatic heterocycles. The second kappa shape index (κ2) is 4.77. The van der Waals surface area contributed by atoms with Gasteiger partial charge in [-0.15, -0.1) is 0 Å². The Kier molecular flexibility index (Phi) is 3.13. The molecule has 1 fully saturated rings. The van der Waals surface area contributed by atoms with Crippen molar-refractivity contribution in [1.29, 1.82) is 0 Å². The molecule has 0 saturated heterocycles. The molecule has 0 bridgehead atoms. The highest BCUT2D eigenvalue weighted by molar-refractivity contribution is 5.77. The van der Waals surface area contributed by atoms with Crippen molar-refractivity contribution in [1.82, 2.24) is 5.32 Å². The number of nitrogens with one attached hydrogen (secondary N) is 1. The zero-order valence-electron chi connectivity index (χ0n) is 11.0. The lowest BCUT2D eigenvalue weighted by molar-refractivity contribution is 0.309. The van der Waals surface area contributed by atoms with Crippen molar-refractivity contribution in [2.24, 2.45) is 5.41 Å². The van der Waals surface area contributed by atoms with Crippen LogP contribution in [0.3, 0.4) is 0 Å². The van der Waals surface area contributed by atoms with E-state index in [1.807, 2.05) is 12.1 Å². The first-order chi connectivity index (χ1) is 8.75. The highest BCUT2D eigenvalue weighted by Gasteiger charge is 2.27. The monoisotopic (exact) mass is 243 g/mol. The number of fused-ring (bicyclic) bond motifs is 1. The molecule has 2 heteroatoms. The summed E-state index contributed by atoms with van der Waals surface area (Å²) in [6.45, 7) is 4.33. The fourth-order valence-corrected chi connectivity index (χ4v) is 3.02. The van der Waals surface area contributed by atoms with E-state index >= 15 is 0 Å². The summed E-state index contributed by atoms with van der Waals surface area (Å²) in [6.07, 6.45) is 5.51. The second-order valence-corrected chi connectivity index (χ2v) is 5.87. The van der Waals surface area contributed by atoms with Crippen LogP contribution in [0, 0.1) is 5.41 Å². The normalized spacial score (nSPS) is 18.5. The summed E-state index contributed by atoms with van der Waals surface area (Å²) in [5.74, 6) is 1.04. The summed E-state index contributed by atoms with van der Waals surface area (Å²) in [5.41, 5.74) is 1.49. The van der Waals surface area contributed by atoms with Crippen molar-refractivity contribution >= 4 is 11.0 Å². The van der Waals surface area contributed by atoms with Crippen molar-refractivity contribution < 1.29 is 4.42 Å². The third kappa shape index (κ3) is 2.44. The maximum absolute atomic E-state index is 5.80. The molecule has 3 rings (SSSR count). The molecule has 0 atom stereocenters. The summed E-state index contributed by atoms with van der Waals surface area (Å²) in [4.78, 5) is 0. The number of hydrogen-bond donors (Lipinski definition) is 1. The van der Waals surface area contributed by atoms with Crippen molar-refractivity contribution in [3.63, 3.8) is 0 Å². The molecule has 18 heavy (non-hydrogen) atoms. The van der Waals surface area contributed by atoms with Crippen LogP contribution < -0.4 is 5.32 Å². The standard InChI is InChI=1S/C16H21NO/c1-16(8-4-5-9-16)12-17-11-14-10-13-6-2-3-7-15(13)18-14/h2-3,6-7,10,17H,4-5,8-9,11-12H2,1H3. The van der Waals surface area contributed by atoms with Gasteiger partial charge < -0.3 is 9.73 Å². The van der Waals surface area contributed by atoms with E-state index in [0.29, 0.717) is 5.41 Å². The Balaban J connectivity index is 1.59. The van der Waals surface area contributed by atoms with E-state index in [4.69, 9.17) is 4.42 Å². The number of para-hydroxylation sites is 1. The van der Waals surface area contributed by atoms with E-state index < -0.39 is 0 Å². The molecule has 1 aromatic carbocycles. The molecule has 0 unspecified atom stereocenters. The summed E-state index contributed by atoms with van der Waals surface area (Å²) in [6, 6.07) is 10.3. The molecular weight excluding hydrogens is 222 g/mol. The van der Waals surface area contributed by atoms with Gasteiger partial charge in [0.1, 0.15) is 11.3 Å². The minimum absolute atomic E-state index is 0.506.